The van der Waals surface area contributed by atoms with Gasteiger partial charge < -0.3 is 20.7 Å². The van der Waals surface area contributed by atoms with Gasteiger partial charge in [0, 0.05) is 24.3 Å². The van der Waals surface area contributed by atoms with E-state index in [1.54, 1.807) is 36.1 Å². The van der Waals surface area contributed by atoms with Gasteiger partial charge in [0.15, 0.2) is 0 Å². The number of piperidine rings is 1. The number of carbonyl (C=O) groups excluding carboxylic acids is 3. The van der Waals surface area contributed by atoms with Crippen LogP contribution >= 0.6 is 0 Å². The molecule has 1 aliphatic heterocycles. The zero-order chi connectivity index (χ0) is 17.5. The van der Waals surface area contributed by atoms with Crippen LogP contribution in [-0.4, -0.2) is 48.9 Å². The lowest BCUT2D eigenvalue weighted by Gasteiger charge is -2.31. The first-order valence-electron chi connectivity index (χ1n) is 8.11. The lowest BCUT2D eigenvalue weighted by Crippen LogP contribution is -2.40. The lowest BCUT2D eigenvalue weighted by molar-refractivity contribution is -0.149. The summed E-state index contributed by atoms with van der Waals surface area (Å²) in [5.74, 6) is -0.656. The van der Waals surface area contributed by atoms with E-state index in [1.165, 1.54) is 0 Å². The van der Waals surface area contributed by atoms with Crippen LogP contribution in [0, 0.1) is 5.92 Å². The molecule has 1 heterocycles. The van der Waals surface area contributed by atoms with Crippen molar-refractivity contribution in [2.24, 2.45) is 11.7 Å². The number of nitrogens with one attached hydrogen (secondary N) is 1. The number of benzene rings is 1. The highest BCUT2D eigenvalue weighted by Gasteiger charge is 2.28. The zero-order valence-corrected chi connectivity index (χ0v) is 13.8. The van der Waals surface area contributed by atoms with E-state index in [0.717, 1.165) is 0 Å². The molecule has 0 unspecified atom stereocenters. The number of nitrogens with two attached hydrogens (primary N) is 1. The summed E-state index contributed by atoms with van der Waals surface area (Å²) >= 11 is 0. The van der Waals surface area contributed by atoms with Crippen molar-refractivity contribution in [2.75, 3.05) is 31.6 Å². The van der Waals surface area contributed by atoms with Crippen molar-refractivity contribution >= 4 is 23.5 Å². The molecule has 0 spiro atoms. The van der Waals surface area contributed by atoms with Crippen LogP contribution in [0.15, 0.2) is 24.3 Å². The second kappa shape index (κ2) is 8.44. The number of carbonyl (C=O) groups is 3. The van der Waals surface area contributed by atoms with Gasteiger partial charge in [-0.1, -0.05) is 0 Å². The van der Waals surface area contributed by atoms with E-state index in [1.807, 2.05) is 0 Å². The summed E-state index contributed by atoms with van der Waals surface area (Å²) in [5, 5.41) is 2.63. The van der Waals surface area contributed by atoms with Crippen LogP contribution in [0.4, 0.5) is 5.69 Å². The Morgan fingerprint density at radius 2 is 1.83 bits per heavy atom. The first kappa shape index (κ1) is 17.9. The van der Waals surface area contributed by atoms with E-state index in [2.05, 4.69) is 5.32 Å². The number of amides is 2. The average Bonchev–Trinajstić information content (AvgIpc) is 2.62. The standard InChI is InChI=1S/C17H23N3O4/c1-2-24-17(23)13-7-9-20(10-8-13)16(22)12-3-5-14(6-4-12)19-15(21)11-18/h3-6,13H,2,7-11,18H2,1H3,(H,19,21). The van der Waals surface area contributed by atoms with Crippen molar-refractivity contribution in [3.8, 4) is 0 Å². The van der Waals surface area contributed by atoms with Crippen molar-refractivity contribution in [1.82, 2.24) is 4.90 Å². The Morgan fingerprint density at radius 3 is 2.38 bits per heavy atom. The minimum atomic E-state index is -0.282. The van der Waals surface area contributed by atoms with Gasteiger partial charge in [-0.15, -0.1) is 0 Å². The SMILES string of the molecule is CCOC(=O)C1CCN(C(=O)c2ccc(NC(=O)CN)cc2)CC1. The van der Waals surface area contributed by atoms with E-state index in [-0.39, 0.29) is 30.2 Å². The van der Waals surface area contributed by atoms with Crippen molar-refractivity contribution in [3.05, 3.63) is 29.8 Å². The molecule has 7 heteroatoms. The molecule has 1 fully saturated rings. The molecule has 0 saturated carbocycles. The summed E-state index contributed by atoms with van der Waals surface area (Å²) in [6, 6.07) is 6.69. The predicted octanol–water partition coefficient (Wildman–Crippen LogP) is 0.999. The van der Waals surface area contributed by atoms with E-state index in [4.69, 9.17) is 10.5 Å². The summed E-state index contributed by atoms with van der Waals surface area (Å²) in [6.45, 7) is 3.15. The fourth-order valence-corrected chi connectivity index (χ4v) is 2.67. The maximum atomic E-state index is 12.5. The number of esters is 1. The first-order chi connectivity index (χ1) is 11.5. The molecule has 130 valence electrons. The van der Waals surface area contributed by atoms with Crippen LogP contribution in [0.1, 0.15) is 30.1 Å². The smallest absolute Gasteiger partial charge is 0.309 e. The molecule has 7 nitrogen and oxygen atoms in total. The van der Waals surface area contributed by atoms with Gasteiger partial charge in [0.2, 0.25) is 5.91 Å². The highest BCUT2D eigenvalue weighted by Crippen LogP contribution is 2.21. The molecule has 2 amide bonds. The largest absolute Gasteiger partial charge is 0.466 e. The Labute approximate surface area is 141 Å². The fraction of sp³-hybridized carbons (Fsp3) is 0.471. The van der Waals surface area contributed by atoms with E-state index >= 15 is 0 Å². The molecule has 1 saturated heterocycles. The van der Waals surface area contributed by atoms with Gasteiger partial charge in [0.1, 0.15) is 0 Å². The molecule has 0 bridgehead atoms. The van der Waals surface area contributed by atoms with Crippen molar-refractivity contribution in [1.29, 1.82) is 0 Å². The first-order valence-corrected chi connectivity index (χ1v) is 8.11. The third-order valence-electron chi connectivity index (χ3n) is 4.00. The molecule has 24 heavy (non-hydrogen) atoms. The molecule has 0 atom stereocenters. The quantitative estimate of drug-likeness (QED) is 0.783. The molecule has 1 aliphatic rings. The topological polar surface area (TPSA) is 102 Å². The normalized spacial score (nSPS) is 15.0. The van der Waals surface area contributed by atoms with Crippen LogP contribution in [0.2, 0.25) is 0 Å². The molecule has 2 rings (SSSR count). The van der Waals surface area contributed by atoms with Crippen LogP contribution in [0.5, 0.6) is 0 Å². The van der Waals surface area contributed by atoms with Crippen molar-refractivity contribution in [2.45, 2.75) is 19.8 Å². The Morgan fingerprint density at radius 1 is 1.21 bits per heavy atom. The third-order valence-corrected chi connectivity index (χ3v) is 4.00. The summed E-state index contributed by atoms with van der Waals surface area (Å²) in [4.78, 5) is 37.2. The molecule has 1 aromatic carbocycles. The van der Waals surface area contributed by atoms with Gasteiger partial charge in [0.25, 0.3) is 5.91 Å². The van der Waals surface area contributed by atoms with Crippen LogP contribution in [0.3, 0.4) is 0 Å². The highest BCUT2D eigenvalue weighted by atomic mass is 16.5. The highest BCUT2D eigenvalue weighted by molar-refractivity contribution is 5.96. The maximum absolute atomic E-state index is 12.5. The number of nitrogens with zero attached hydrogens (tertiary/aromatic N) is 1. The number of hydrogen-bond donors (Lipinski definition) is 2. The summed E-state index contributed by atoms with van der Waals surface area (Å²) < 4.78 is 5.03. The Bertz CT molecular complexity index is 592. The molecule has 1 aromatic rings. The Kier molecular flexibility index (Phi) is 6.31. The minimum Gasteiger partial charge on any atom is -0.466 e. The van der Waals surface area contributed by atoms with Gasteiger partial charge in [-0.05, 0) is 44.0 Å². The third kappa shape index (κ3) is 4.55. The predicted molar refractivity (Wildman–Crippen MR) is 89.4 cm³/mol. The summed E-state index contributed by atoms with van der Waals surface area (Å²) in [6.07, 6.45) is 1.24. The minimum absolute atomic E-state index is 0.0750. The number of rotatable bonds is 5. The second-order valence-electron chi connectivity index (χ2n) is 5.65. The molecular formula is C17H23N3O4. The number of ether oxygens (including phenoxy) is 1. The van der Waals surface area contributed by atoms with Crippen molar-refractivity contribution in [3.63, 3.8) is 0 Å². The Balaban J connectivity index is 1.91. The fourth-order valence-electron chi connectivity index (χ4n) is 2.67. The van der Waals surface area contributed by atoms with Gasteiger partial charge in [-0.3, -0.25) is 14.4 Å². The van der Waals surface area contributed by atoms with E-state index in [0.29, 0.717) is 43.8 Å². The van der Waals surface area contributed by atoms with Gasteiger partial charge in [-0.25, -0.2) is 0 Å². The van der Waals surface area contributed by atoms with Crippen molar-refractivity contribution < 1.29 is 19.1 Å². The summed E-state index contributed by atoms with van der Waals surface area (Å²) in [7, 11) is 0. The maximum Gasteiger partial charge on any atom is 0.309 e. The van der Waals surface area contributed by atoms with Gasteiger partial charge in [-0.2, -0.15) is 0 Å². The second-order valence-corrected chi connectivity index (χ2v) is 5.65. The number of anilines is 1. The average molecular weight is 333 g/mol. The molecule has 0 aromatic heterocycles. The van der Waals surface area contributed by atoms with Crippen LogP contribution in [-0.2, 0) is 14.3 Å². The number of likely N-dealkylation sites (tertiary alicyclic amines) is 1. The monoisotopic (exact) mass is 333 g/mol. The van der Waals surface area contributed by atoms with Crippen LogP contribution in [0.25, 0.3) is 0 Å². The zero-order valence-electron chi connectivity index (χ0n) is 13.8. The summed E-state index contributed by atoms with van der Waals surface area (Å²) in [5.41, 5.74) is 6.39. The van der Waals surface area contributed by atoms with Gasteiger partial charge in [0.05, 0.1) is 19.1 Å². The molecule has 3 N–H and O–H groups in total. The van der Waals surface area contributed by atoms with Gasteiger partial charge >= 0.3 is 5.97 Å². The van der Waals surface area contributed by atoms with E-state index in [9.17, 15) is 14.4 Å². The van der Waals surface area contributed by atoms with E-state index < -0.39 is 0 Å². The Hall–Kier alpha value is -2.41. The van der Waals surface area contributed by atoms with Crippen LogP contribution < -0.4 is 11.1 Å². The molecule has 0 aliphatic carbocycles. The molecular weight excluding hydrogens is 310 g/mol. The lowest BCUT2D eigenvalue weighted by atomic mass is 9.96. The molecule has 0 radical (unpaired) electrons. The number of hydrogen-bond acceptors (Lipinski definition) is 5.